The number of pyridine rings is 1. The van der Waals surface area contributed by atoms with Crippen molar-refractivity contribution in [1.29, 1.82) is 0 Å². The fraction of sp³-hybridized carbons (Fsp3) is 0.667. The molecule has 4 heteroatoms. The first kappa shape index (κ1) is 14.3. The summed E-state index contributed by atoms with van der Waals surface area (Å²) in [5.74, 6) is 1.78. The maximum absolute atomic E-state index is 6.18. The summed E-state index contributed by atoms with van der Waals surface area (Å²) < 4.78 is 0. The number of anilines is 1. The fourth-order valence-corrected chi connectivity index (χ4v) is 2.71. The van der Waals surface area contributed by atoms with Gasteiger partial charge in [-0.1, -0.05) is 19.9 Å². The van der Waals surface area contributed by atoms with Gasteiger partial charge in [-0.05, 0) is 24.5 Å². The molecule has 1 fully saturated rings. The molecule has 0 saturated carbocycles. The first-order valence-corrected chi connectivity index (χ1v) is 7.29. The third kappa shape index (κ3) is 4.48. The van der Waals surface area contributed by atoms with Crippen molar-refractivity contribution in [3.05, 3.63) is 24.4 Å². The molecule has 19 heavy (non-hydrogen) atoms. The van der Waals surface area contributed by atoms with Crippen LogP contribution in [0.5, 0.6) is 0 Å². The molecule has 0 radical (unpaired) electrons. The smallest absolute Gasteiger partial charge is 0.128 e. The first-order valence-electron chi connectivity index (χ1n) is 7.29. The summed E-state index contributed by atoms with van der Waals surface area (Å²) in [4.78, 5) is 9.24. The Labute approximate surface area is 116 Å². The summed E-state index contributed by atoms with van der Waals surface area (Å²) >= 11 is 0. The SMILES string of the molecule is CC(C)CC(N)CN1CCN(c2ccccn2)CC1. The topological polar surface area (TPSA) is 45.4 Å². The maximum atomic E-state index is 6.18. The Morgan fingerprint density at radius 1 is 1.21 bits per heavy atom. The van der Waals surface area contributed by atoms with Crippen LogP contribution in [0.15, 0.2) is 24.4 Å². The molecule has 2 rings (SSSR count). The lowest BCUT2D eigenvalue weighted by molar-refractivity contribution is 0.233. The van der Waals surface area contributed by atoms with Crippen molar-refractivity contribution >= 4 is 5.82 Å². The molecule has 0 aliphatic carbocycles. The molecule has 0 bridgehead atoms. The van der Waals surface area contributed by atoms with Crippen molar-refractivity contribution in [3.63, 3.8) is 0 Å². The lowest BCUT2D eigenvalue weighted by Crippen LogP contribution is -2.50. The largest absolute Gasteiger partial charge is 0.354 e. The second kappa shape index (κ2) is 6.87. The highest BCUT2D eigenvalue weighted by atomic mass is 15.3. The van der Waals surface area contributed by atoms with Crippen LogP contribution in [0, 0.1) is 5.92 Å². The normalized spacial score (nSPS) is 18.8. The van der Waals surface area contributed by atoms with Gasteiger partial charge in [-0.2, -0.15) is 0 Å². The molecule has 1 aromatic heterocycles. The molecule has 1 unspecified atom stereocenters. The lowest BCUT2D eigenvalue weighted by atomic mass is 10.0. The minimum atomic E-state index is 0.307. The van der Waals surface area contributed by atoms with Crippen LogP contribution in [0.4, 0.5) is 5.82 Å². The zero-order valence-electron chi connectivity index (χ0n) is 12.1. The molecule has 1 aromatic rings. The van der Waals surface area contributed by atoms with Crippen LogP contribution in [0.3, 0.4) is 0 Å². The summed E-state index contributed by atoms with van der Waals surface area (Å²) in [6, 6.07) is 6.40. The van der Waals surface area contributed by atoms with Crippen molar-refractivity contribution in [1.82, 2.24) is 9.88 Å². The van der Waals surface area contributed by atoms with Crippen LogP contribution in [0.2, 0.25) is 0 Å². The number of hydrogen-bond acceptors (Lipinski definition) is 4. The van der Waals surface area contributed by atoms with E-state index in [4.69, 9.17) is 5.73 Å². The molecule has 1 aliphatic heterocycles. The number of hydrogen-bond donors (Lipinski definition) is 1. The summed E-state index contributed by atoms with van der Waals surface area (Å²) in [6.45, 7) is 9.76. The van der Waals surface area contributed by atoms with Gasteiger partial charge in [0.15, 0.2) is 0 Å². The van der Waals surface area contributed by atoms with Crippen LogP contribution in [0.1, 0.15) is 20.3 Å². The molecule has 0 spiro atoms. The Morgan fingerprint density at radius 3 is 2.53 bits per heavy atom. The maximum Gasteiger partial charge on any atom is 0.128 e. The van der Waals surface area contributed by atoms with E-state index in [2.05, 4.69) is 34.7 Å². The van der Waals surface area contributed by atoms with E-state index in [0.29, 0.717) is 12.0 Å². The first-order chi connectivity index (χ1) is 9.15. The van der Waals surface area contributed by atoms with Crippen LogP contribution >= 0.6 is 0 Å². The highest BCUT2D eigenvalue weighted by Crippen LogP contribution is 2.13. The molecular weight excluding hydrogens is 236 g/mol. The van der Waals surface area contributed by atoms with E-state index in [1.54, 1.807) is 0 Å². The summed E-state index contributed by atoms with van der Waals surface area (Å²) in [5, 5.41) is 0. The molecule has 0 aromatic carbocycles. The summed E-state index contributed by atoms with van der Waals surface area (Å²) in [7, 11) is 0. The van der Waals surface area contributed by atoms with E-state index in [1.165, 1.54) is 0 Å². The molecular formula is C15H26N4. The minimum Gasteiger partial charge on any atom is -0.354 e. The van der Waals surface area contributed by atoms with E-state index >= 15 is 0 Å². The number of nitrogens with zero attached hydrogens (tertiary/aromatic N) is 3. The molecule has 1 saturated heterocycles. The Kier molecular flexibility index (Phi) is 5.16. The highest BCUT2D eigenvalue weighted by molar-refractivity contribution is 5.38. The van der Waals surface area contributed by atoms with Gasteiger partial charge in [0, 0.05) is 45.0 Å². The van der Waals surface area contributed by atoms with Gasteiger partial charge in [0.25, 0.3) is 0 Å². The molecule has 2 heterocycles. The van der Waals surface area contributed by atoms with E-state index < -0.39 is 0 Å². The average Bonchev–Trinajstić information content (AvgIpc) is 2.39. The van der Waals surface area contributed by atoms with Gasteiger partial charge in [-0.25, -0.2) is 4.98 Å². The van der Waals surface area contributed by atoms with E-state index in [1.807, 2.05) is 18.3 Å². The number of piperazine rings is 1. The van der Waals surface area contributed by atoms with Gasteiger partial charge in [0.2, 0.25) is 0 Å². The Balaban J connectivity index is 1.76. The second-order valence-electron chi connectivity index (χ2n) is 5.87. The molecule has 4 nitrogen and oxygen atoms in total. The molecule has 0 amide bonds. The standard InChI is InChI=1S/C15H26N4/c1-13(2)11-14(16)12-18-7-9-19(10-8-18)15-5-3-4-6-17-15/h3-6,13-14H,7-12,16H2,1-2H3. The Bertz CT molecular complexity index is 358. The summed E-state index contributed by atoms with van der Waals surface area (Å²) in [6.07, 6.45) is 2.97. The van der Waals surface area contributed by atoms with Crippen LogP contribution in [0.25, 0.3) is 0 Å². The van der Waals surface area contributed by atoms with Gasteiger partial charge in [0.05, 0.1) is 0 Å². The summed E-state index contributed by atoms with van der Waals surface area (Å²) in [5.41, 5.74) is 6.18. The van der Waals surface area contributed by atoms with Gasteiger partial charge in [-0.15, -0.1) is 0 Å². The molecule has 2 N–H and O–H groups in total. The van der Waals surface area contributed by atoms with Crippen molar-refractivity contribution in [3.8, 4) is 0 Å². The van der Waals surface area contributed by atoms with Gasteiger partial charge < -0.3 is 10.6 Å². The molecule has 106 valence electrons. The van der Waals surface area contributed by atoms with Gasteiger partial charge in [0.1, 0.15) is 5.82 Å². The Hall–Kier alpha value is -1.13. The van der Waals surface area contributed by atoms with Crippen LogP contribution in [-0.2, 0) is 0 Å². The van der Waals surface area contributed by atoms with Crippen molar-refractivity contribution in [2.75, 3.05) is 37.6 Å². The zero-order chi connectivity index (χ0) is 13.7. The third-order valence-corrected chi connectivity index (χ3v) is 3.61. The number of nitrogens with two attached hydrogens (primary N) is 1. The van der Waals surface area contributed by atoms with Crippen molar-refractivity contribution in [2.24, 2.45) is 11.7 Å². The van der Waals surface area contributed by atoms with Crippen LogP contribution < -0.4 is 10.6 Å². The number of aromatic nitrogens is 1. The zero-order valence-corrected chi connectivity index (χ0v) is 12.1. The predicted octanol–water partition coefficient (Wildman–Crippen LogP) is 1.58. The van der Waals surface area contributed by atoms with E-state index in [0.717, 1.165) is 45.0 Å². The van der Waals surface area contributed by atoms with E-state index in [9.17, 15) is 0 Å². The minimum absolute atomic E-state index is 0.307. The molecule has 1 atom stereocenters. The van der Waals surface area contributed by atoms with Crippen molar-refractivity contribution < 1.29 is 0 Å². The number of rotatable bonds is 5. The van der Waals surface area contributed by atoms with Gasteiger partial charge >= 0.3 is 0 Å². The predicted molar refractivity (Wildman–Crippen MR) is 80.3 cm³/mol. The third-order valence-electron chi connectivity index (χ3n) is 3.61. The Morgan fingerprint density at radius 2 is 1.95 bits per heavy atom. The molecule has 1 aliphatic rings. The average molecular weight is 262 g/mol. The highest BCUT2D eigenvalue weighted by Gasteiger charge is 2.19. The second-order valence-corrected chi connectivity index (χ2v) is 5.87. The lowest BCUT2D eigenvalue weighted by Gasteiger charge is -2.36. The fourth-order valence-electron chi connectivity index (χ4n) is 2.71. The van der Waals surface area contributed by atoms with Crippen LogP contribution in [-0.4, -0.2) is 48.6 Å². The monoisotopic (exact) mass is 262 g/mol. The van der Waals surface area contributed by atoms with E-state index in [-0.39, 0.29) is 0 Å². The van der Waals surface area contributed by atoms with Crippen molar-refractivity contribution in [2.45, 2.75) is 26.3 Å². The van der Waals surface area contributed by atoms with Gasteiger partial charge in [-0.3, -0.25) is 4.90 Å². The quantitative estimate of drug-likeness (QED) is 0.875.